The first-order valence-electron chi connectivity index (χ1n) is 22.1. The van der Waals surface area contributed by atoms with Crippen molar-refractivity contribution in [1.29, 1.82) is 0 Å². The molecule has 382 valence electrons. The Morgan fingerprint density at radius 2 is 0.803 bits per heavy atom. The monoisotopic (exact) mass is 1120 g/mol. The second-order valence-electron chi connectivity index (χ2n) is 15.0. The summed E-state index contributed by atoms with van der Waals surface area (Å²) in [6, 6.07) is 15.2. The third-order valence-electron chi connectivity index (χ3n) is 9.50. The lowest BCUT2D eigenvalue weighted by Crippen LogP contribution is -2.44. The molecule has 0 bridgehead atoms. The van der Waals surface area contributed by atoms with Crippen molar-refractivity contribution >= 4 is 163 Å². The van der Waals surface area contributed by atoms with Gasteiger partial charge < -0.3 is 18.9 Å². The van der Waals surface area contributed by atoms with Gasteiger partial charge in [0, 0.05) is 51.9 Å². The highest BCUT2D eigenvalue weighted by atomic mass is 32.1. The van der Waals surface area contributed by atoms with Gasteiger partial charge in [-0.25, -0.2) is 0 Å². The van der Waals surface area contributed by atoms with Crippen LogP contribution in [0.5, 0.6) is 0 Å². The van der Waals surface area contributed by atoms with Gasteiger partial charge in [-0.3, -0.25) is 19.2 Å². The van der Waals surface area contributed by atoms with E-state index in [0.717, 1.165) is 66.0 Å². The van der Waals surface area contributed by atoms with Crippen molar-refractivity contribution in [3.8, 4) is 0 Å². The number of hydrogen-bond acceptors (Lipinski definition) is 19. The Hall–Kier alpha value is 0.170. The number of carbonyl (C=O) groups is 4. The van der Waals surface area contributed by atoms with Gasteiger partial charge in [-0.15, -0.1) is 0 Å². The minimum absolute atomic E-state index is 0.0771. The second-order valence-corrected chi connectivity index (χ2v) is 19.4. The molecule has 1 unspecified atom stereocenters. The van der Waals surface area contributed by atoms with E-state index in [-0.39, 0.29) is 57.5 Å². The van der Waals surface area contributed by atoms with Gasteiger partial charge >= 0.3 is 23.9 Å². The molecule has 19 heteroatoms. The molecule has 2 aromatic carbocycles. The van der Waals surface area contributed by atoms with Gasteiger partial charge in [-0.2, -0.15) is 139 Å². The molecule has 1 atom stereocenters. The average Bonchev–Trinajstić information content (AvgIpc) is 3.35. The van der Waals surface area contributed by atoms with Crippen LogP contribution >= 0.6 is 139 Å². The van der Waals surface area contributed by atoms with Crippen LogP contribution in [0.3, 0.4) is 0 Å². The van der Waals surface area contributed by atoms with Crippen LogP contribution in [0.1, 0.15) is 107 Å². The molecule has 0 amide bonds. The Morgan fingerprint density at radius 3 is 1.03 bits per heavy atom. The maximum absolute atomic E-state index is 11.8. The van der Waals surface area contributed by atoms with Gasteiger partial charge in [0.2, 0.25) is 0 Å². The molecule has 8 nitrogen and oxygen atoms in total. The van der Waals surface area contributed by atoms with Crippen LogP contribution in [0.15, 0.2) is 42.5 Å². The summed E-state index contributed by atoms with van der Waals surface area (Å²) in [5, 5.41) is 0.494. The molecule has 2 rings (SSSR count). The summed E-state index contributed by atoms with van der Waals surface area (Å²) in [6.07, 6.45) is 5.46. The van der Waals surface area contributed by atoms with E-state index in [9.17, 15) is 19.2 Å². The van der Waals surface area contributed by atoms with E-state index in [1.54, 1.807) is 0 Å². The van der Waals surface area contributed by atoms with E-state index in [0.29, 0.717) is 28.9 Å². The SMILES string of the molecule is CCC(CS)(CS)CS.CCC(S)CS.CCCC(=O)OCC(COC(=O)CCS)(COC(=O)CCS)COC(=O)CCS.CCc1cc(CS)cc(CS)c1.CCc1ccc(CS)cc1. The summed E-state index contributed by atoms with van der Waals surface area (Å²) in [6.45, 7) is 9.38. The van der Waals surface area contributed by atoms with Crippen molar-refractivity contribution in [2.24, 2.45) is 10.8 Å². The molecule has 2 aromatic rings. The summed E-state index contributed by atoms with van der Waals surface area (Å²) in [7, 11) is 0. The van der Waals surface area contributed by atoms with E-state index < -0.39 is 29.3 Å². The Kier molecular flexibility index (Phi) is 49.4. The number of rotatable bonds is 27. The minimum atomic E-state index is -1.23. The van der Waals surface area contributed by atoms with E-state index >= 15 is 0 Å². The second kappa shape index (κ2) is 46.3. The molecule has 0 heterocycles. The highest BCUT2D eigenvalue weighted by Crippen LogP contribution is 2.26. The summed E-state index contributed by atoms with van der Waals surface area (Å²) in [5.74, 6) is 4.88. The lowest BCUT2D eigenvalue weighted by atomic mass is 9.92. The van der Waals surface area contributed by atoms with Crippen LogP contribution in [0.4, 0.5) is 0 Å². The molecular weight excluding hydrogens is 1050 g/mol. The molecule has 0 aromatic heterocycles. The Balaban J connectivity index is -0.000000870. The lowest BCUT2D eigenvalue weighted by Gasteiger charge is -2.31. The van der Waals surface area contributed by atoms with Crippen molar-refractivity contribution in [3.63, 3.8) is 0 Å². The van der Waals surface area contributed by atoms with Crippen LogP contribution in [0, 0.1) is 10.8 Å². The number of benzene rings is 2. The van der Waals surface area contributed by atoms with E-state index in [1.165, 1.54) is 27.8 Å². The highest BCUT2D eigenvalue weighted by molar-refractivity contribution is 7.84. The summed E-state index contributed by atoms with van der Waals surface area (Å²) in [4.78, 5) is 47.2. The maximum Gasteiger partial charge on any atom is 0.306 e. The number of ether oxygens (including phenoxy) is 4. The smallest absolute Gasteiger partial charge is 0.306 e. The van der Waals surface area contributed by atoms with E-state index in [4.69, 9.17) is 18.9 Å². The summed E-state index contributed by atoms with van der Waals surface area (Å²) in [5.41, 5.74) is 5.68. The van der Waals surface area contributed by atoms with Gasteiger partial charge in [0.1, 0.15) is 31.8 Å². The molecule has 66 heavy (non-hydrogen) atoms. The predicted octanol–water partition coefficient (Wildman–Crippen LogP) is 11.5. The topological polar surface area (TPSA) is 105 Å². The molecule has 0 aliphatic rings. The minimum Gasteiger partial charge on any atom is -0.465 e. The summed E-state index contributed by atoms with van der Waals surface area (Å²) < 4.78 is 21.0. The van der Waals surface area contributed by atoms with Crippen molar-refractivity contribution < 1.29 is 38.1 Å². The summed E-state index contributed by atoms with van der Waals surface area (Å²) >= 11 is 45.5. The first-order chi connectivity index (χ1) is 31.5. The van der Waals surface area contributed by atoms with Crippen molar-refractivity contribution in [1.82, 2.24) is 0 Å². The number of thiol groups is 11. The van der Waals surface area contributed by atoms with Crippen molar-refractivity contribution in [2.75, 3.05) is 66.7 Å². The Bertz CT molecular complexity index is 1340. The van der Waals surface area contributed by atoms with Crippen LogP contribution in [0.25, 0.3) is 0 Å². The first-order valence-corrected chi connectivity index (χ1v) is 29.0. The number of carbonyl (C=O) groups excluding carboxylic acids is 4. The molecule has 0 aliphatic carbocycles. The van der Waals surface area contributed by atoms with Gasteiger partial charge in [0.15, 0.2) is 0 Å². The lowest BCUT2D eigenvalue weighted by molar-refractivity contribution is -0.170. The van der Waals surface area contributed by atoms with Gasteiger partial charge in [0.25, 0.3) is 0 Å². The number of esters is 4. The molecule has 0 saturated heterocycles. The molecule has 0 N–H and O–H groups in total. The molecule has 0 spiro atoms. The van der Waals surface area contributed by atoms with Crippen LogP contribution in [0.2, 0.25) is 0 Å². The van der Waals surface area contributed by atoms with E-state index in [1.807, 2.05) is 6.92 Å². The molecule has 0 fully saturated rings. The van der Waals surface area contributed by atoms with Crippen molar-refractivity contribution in [2.45, 2.75) is 115 Å². The van der Waals surface area contributed by atoms with Gasteiger partial charge in [0.05, 0.1) is 19.3 Å². The highest BCUT2D eigenvalue weighted by Gasteiger charge is 2.38. The van der Waals surface area contributed by atoms with Gasteiger partial charge in [-0.1, -0.05) is 77.1 Å². The zero-order valence-corrected chi connectivity index (χ0v) is 49.4. The largest absolute Gasteiger partial charge is 0.465 e. The average molecular weight is 1130 g/mol. The van der Waals surface area contributed by atoms with Crippen LogP contribution in [-0.4, -0.2) is 95.8 Å². The zero-order chi connectivity index (χ0) is 50.8. The number of aryl methyl sites for hydroxylation is 2. The zero-order valence-electron chi connectivity index (χ0n) is 39.6. The third-order valence-corrected chi connectivity index (χ3v) is 14.6. The Morgan fingerprint density at radius 1 is 0.470 bits per heavy atom. The molecule has 0 aliphatic heterocycles. The van der Waals surface area contributed by atoms with Gasteiger partial charge in [-0.05, 0) is 82.6 Å². The number of hydrogen-bond donors (Lipinski definition) is 11. The third kappa shape index (κ3) is 36.1. The molecule has 0 saturated carbocycles. The van der Waals surface area contributed by atoms with Crippen molar-refractivity contribution in [3.05, 3.63) is 70.3 Å². The van der Waals surface area contributed by atoms with Crippen LogP contribution < -0.4 is 0 Å². The normalized spacial score (nSPS) is 11.1. The predicted molar refractivity (Wildman–Crippen MR) is 317 cm³/mol. The fraction of sp³-hybridized carbons (Fsp3) is 0.660. The Labute approximate surface area is 459 Å². The molecular formula is C47H80O8S11. The quantitative estimate of drug-likeness (QED) is 0.0244. The van der Waals surface area contributed by atoms with E-state index in [2.05, 4.69) is 209 Å². The maximum atomic E-state index is 11.8. The van der Waals surface area contributed by atoms with Crippen LogP contribution in [-0.2, 0) is 68.2 Å². The first kappa shape index (κ1) is 70.4. The fourth-order valence-corrected chi connectivity index (χ4v) is 7.92. The fourth-order valence-electron chi connectivity index (χ4n) is 4.67. The molecule has 0 radical (unpaired) electrons. The standard InChI is InChI=1S/C18H30O8S3.C10H14S2.C9H12S.C6H14S3.C4H10S2/c1-2-3-14(19)23-10-18(11-24-15(20)4-7-27,12-25-16(21)5-8-28)13-26-17(22)6-9-29;1-2-8-3-9(6-11)5-10(4-8)7-12;1-2-8-3-5-9(7-10)6-4-8;1-2-6(3-7,4-8)5-9;1-2-4(6)3-5/h27-29H,2-13H2,1H3;3-5,11-12H,2,6-7H2,1H3;3-6,10H,2,7H2,1H3;7-9H,2-5H2,1H3;4-6H,2-3H2,1H3.